The summed E-state index contributed by atoms with van der Waals surface area (Å²) in [6.45, 7) is 12.9. The summed E-state index contributed by atoms with van der Waals surface area (Å²) in [4.78, 5) is 37.8. The predicted molar refractivity (Wildman–Crippen MR) is 213 cm³/mol. The highest BCUT2D eigenvalue weighted by molar-refractivity contribution is 7.10. The first-order valence-corrected chi connectivity index (χ1v) is 20.1. The number of thiophene rings is 2. The molecular weight excluding hydrogens is 689 g/mol. The van der Waals surface area contributed by atoms with Crippen LogP contribution in [0.4, 0.5) is 0 Å². The van der Waals surface area contributed by atoms with Crippen molar-refractivity contribution in [1.29, 1.82) is 0 Å². The third-order valence-corrected chi connectivity index (χ3v) is 11.7. The Morgan fingerprint density at radius 2 is 1.04 bits per heavy atom. The molecule has 0 N–H and O–H groups in total. The summed E-state index contributed by atoms with van der Waals surface area (Å²) >= 11 is 3.63. The van der Waals surface area contributed by atoms with Crippen LogP contribution in [0.15, 0.2) is 71.4 Å². The van der Waals surface area contributed by atoms with Crippen LogP contribution in [0.2, 0.25) is 0 Å². The van der Waals surface area contributed by atoms with Gasteiger partial charge in [0, 0.05) is 49.0 Å². The minimum atomic E-state index is -0.353. The Balaban J connectivity index is 0.000000201. The second kappa shape index (κ2) is 18.6. The van der Waals surface area contributed by atoms with E-state index < -0.39 is 0 Å². The molecule has 0 unspecified atom stereocenters. The summed E-state index contributed by atoms with van der Waals surface area (Å²) in [6.07, 6.45) is 1.72. The number of carbonyl (C=O) groups is 2. The molecule has 2 aromatic carbocycles. The molecule has 0 radical (unpaired) electrons. The summed E-state index contributed by atoms with van der Waals surface area (Å²) in [5.74, 6) is -0.292. The maximum atomic E-state index is 13.2. The standard InChI is InChI=1S/2C21H28N2O2S/c2*1-15-7-5-6-8-18(15)20(21(24)25-16(2)13-22(3)4)23-11-9-19-17(14-23)10-12-26-19/h2*5-8,10,12,16,20H,9,11,13-14H2,1-4H3/t16-,20+;16-,20-/m11/s1. The van der Waals surface area contributed by atoms with Crippen LogP contribution < -0.4 is 0 Å². The van der Waals surface area contributed by atoms with E-state index in [1.807, 2.05) is 98.8 Å². The molecule has 0 spiro atoms. The van der Waals surface area contributed by atoms with E-state index >= 15 is 0 Å². The highest BCUT2D eigenvalue weighted by atomic mass is 32.1. The number of carbonyl (C=O) groups excluding carboxylic acids is 2. The maximum absolute atomic E-state index is 13.2. The number of fused-ring (bicyclic) bond motifs is 2. The smallest absolute Gasteiger partial charge is 0.328 e. The molecule has 4 aromatic rings. The van der Waals surface area contributed by atoms with Crippen molar-refractivity contribution in [3.63, 3.8) is 0 Å². The number of nitrogens with zero attached hydrogens (tertiary/aromatic N) is 4. The topological polar surface area (TPSA) is 65.6 Å². The van der Waals surface area contributed by atoms with Crippen LogP contribution in [-0.4, -0.2) is 98.1 Å². The Morgan fingerprint density at radius 1 is 0.654 bits per heavy atom. The van der Waals surface area contributed by atoms with Gasteiger partial charge in [0.15, 0.2) is 0 Å². The van der Waals surface area contributed by atoms with Crippen LogP contribution in [0.1, 0.15) is 69.1 Å². The first-order chi connectivity index (χ1) is 24.9. The van der Waals surface area contributed by atoms with Gasteiger partial charge < -0.3 is 19.3 Å². The Labute approximate surface area is 318 Å². The summed E-state index contributed by atoms with van der Waals surface area (Å²) in [5, 5.41) is 4.29. The highest BCUT2D eigenvalue weighted by Crippen LogP contribution is 2.34. The molecule has 52 heavy (non-hydrogen) atoms. The zero-order valence-electron chi connectivity index (χ0n) is 32.1. The fourth-order valence-electron chi connectivity index (χ4n) is 7.34. The molecular formula is C42H56N4O4S2. The number of aryl methyl sites for hydroxylation is 2. The number of hydrogen-bond acceptors (Lipinski definition) is 10. The molecule has 8 nitrogen and oxygen atoms in total. The lowest BCUT2D eigenvalue weighted by Crippen LogP contribution is -2.40. The van der Waals surface area contributed by atoms with E-state index in [0.717, 1.165) is 74.4 Å². The van der Waals surface area contributed by atoms with E-state index in [4.69, 9.17) is 9.47 Å². The number of hydrogen-bond donors (Lipinski definition) is 0. The fourth-order valence-corrected chi connectivity index (χ4v) is 9.12. The molecule has 2 aliphatic rings. The molecule has 0 saturated heterocycles. The molecule has 0 amide bonds. The van der Waals surface area contributed by atoms with E-state index in [1.54, 1.807) is 0 Å². The van der Waals surface area contributed by atoms with Crippen LogP contribution >= 0.6 is 22.7 Å². The number of ether oxygens (including phenoxy) is 2. The average Bonchev–Trinajstić information content (AvgIpc) is 3.75. The zero-order valence-corrected chi connectivity index (χ0v) is 33.8. The van der Waals surface area contributed by atoms with E-state index in [-0.39, 0.29) is 36.2 Å². The average molecular weight is 745 g/mol. The van der Waals surface area contributed by atoms with Gasteiger partial charge in [0.05, 0.1) is 0 Å². The number of benzene rings is 2. The van der Waals surface area contributed by atoms with Gasteiger partial charge in [-0.1, -0.05) is 48.5 Å². The lowest BCUT2D eigenvalue weighted by molar-refractivity contribution is -0.157. The Morgan fingerprint density at radius 3 is 1.40 bits per heavy atom. The first-order valence-electron chi connectivity index (χ1n) is 18.3. The molecule has 10 heteroatoms. The van der Waals surface area contributed by atoms with Crippen molar-refractivity contribution < 1.29 is 19.1 Å². The van der Waals surface area contributed by atoms with E-state index in [9.17, 15) is 9.59 Å². The van der Waals surface area contributed by atoms with Crippen LogP contribution in [-0.2, 0) is 45.0 Å². The van der Waals surface area contributed by atoms with Crippen molar-refractivity contribution in [3.8, 4) is 0 Å². The lowest BCUT2D eigenvalue weighted by atomic mass is 9.97. The summed E-state index contributed by atoms with van der Waals surface area (Å²) in [7, 11) is 7.97. The molecule has 2 aromatic heterocycles. The van der Waals surface area contributed by atoms with E-state index in [1.165, 1.54) is 20.9 Å². The third-order valence-electron chi connectivity index (χ3n) is 9.70. The normalized spacial score (nSPS) is 17.0. The quantitative estimate of drug-likeness (QED) is 0.140. The van der Waals surface area contributed by atoms with Crippen molar-refractivity contribution >= 4 is 34.6 Å². The second-order valence-corrected chi connectivity index (χ2v) is 16.7. The van der Waals surface area contributed by atoms with Gasteiger partial charge >= 0.3 is 11.9 Å². The molecule has 280 valence electrons. The minimum Gasteiger partial charge on any atom is -0.460 e. The molecule has 4 heterocycles. The van der Waals surface area contributed by atoms with Gasteiger partial charge in [0.1, 0.15) is 24.3 Å². The number of rotatable bonds is 12. The van der Waals surface area contributed by atoms with E-state index in [2.05, 4.69) is 70.8 Å². The SMILES string of the molecule is Cc1ccccc1[C@@H](C(=O)O[C@H](C)CN(C)C)N1CCc2sccc2C1.Cc1ccccc1[C@H](C(=O)O[C@H](C)CN(C)C)N1CCc2sccc2C1. The maximum Gasteiger partial charge on any atom is 0.328 e. The Kier molecular flexibility index (Phi) is 14.2. The fraction of sp³-hybridized carbons (Fsp3) is 0.476. The molecule has 4 atom stereocenters. The minimum absolute atomic E-state index is 0.134. The van der Waals surface area contributed by atoms with Crippen molar-refractivity contribution in [2.24, 2.45) is 0 Å². The van der Waals surface area contributed by atoms with Gasteiger partial charge in [-0.3, -0.25) is 9.80 Å². The van der Waals surface area contributed by atoms with Gasteiger partial charge in [-0.15, -0.1) is 22.7 Å². The van der Waals surface area contributed by atoms with Crippen LogP contribution in [0.25, 0.3) is 0 Å². The predicted octanol–water partition coefficient (Wildman–Crippen LogP) is 7.30. The van der Waals surface area contributed by atoms with Gasteiger partial charge in [-0.2, -0.15) is 0 Å². The molecule has 0 saturated carbocycles. The monoisotopic (exact) mass is 744 g/mol. The molecule has 6 rings (SSSR count). The van der Waals surface area contributed by atoms with Crippen LogP contribution in [0.5, 0.6) is 0 Å². The molecule has 0 bridgehead atoms. The molecule has 0 fully saturated rings. The molecule has 0 aliphatic carbocycles. The van der Waals surface area contributed by atoms with Crippen molar-refractivity contribution in [1.82, 2.24) is 19.6 Å². The third kappa shape index (κ3) is 10.4. The van der Waals surface area contributed by atoms with Gasteiger partial charge in [0.2, 0.25) is 0 Å². The van der Waals surface area contributed by atoms with Crippen molar-refractivity contribution in [3.05, 3.63) is 115 Å². The number of likely N-dealkylation sites (N-methyl/N-ethyl adjacent to an activating group) is 2. The zero-order chi connectivity index (χ0) is 37.4. The summed E-state index contributed by atoms with van der Waals surface area (Å²) in [6, 6.07) is 20.0. The number of esters is 2. The summed E-state index contributed by atoms with van der Waals surface area (Å²) < 4.78 is 11.7. The largest absolute Gasteiger partial charge is 0.460 e. The Hall–Kier alpha value is -3.38. The Bertz CT molecular complexity index is 1640. The first kappa shape index (κ1) is 39.8. The van der Waals surface area contributed by atoms with Crippen molar-refractivity contribution in [2.45, 2.75) is 77.9 Å². The van der Waals surface area contributed by atoms with Gasteiger partial charge in [-0.25, -0.2) is 9.59 Å². The second-order valence-electron chi connectivity index (χ2n) is 14.7. The highest BCUT2D eigenvalue weighted by Gasteiger charge is 2.35. The van der Waals surface area contributed by atoms with Crippen molar-refractivity contribution in [2.75, 3.05) is 54.4 Å². The van der Waals surface area contributed by atoms with E-state index in [0.29, 0.717) is 0 Å². The van der Waals surface area contributed by atoms with Gasteiger partial charge in [-0.05, 0) is 125 Å². The molecule has 2 aliphatic heterocycles. The van der Waals surface area contributed by atoms with Gasteiger partial charge in [0.25, 0.3) is 0 Å². The lowest BCUT2D eigenvalue weighted by Gasteiger charge is -2.34. The van der Waals surface area contributed by atoms with Crippen LogP contribution in [0, 0.1) is 13.8 Å². The van der Waals surface area contributed by atoms with Crippen LogP contribution in [0.3, 0.4) is 0 Å². The summed E-state index contributed by atoms with van der Waals surface area (Å²) in [5.41, 5.74) is 7.04.